The minimum absolute atomic E-state index is 0.0199. The highest BCUT2D eigenvalue weighted by atomic mass is 32.2. The summed E-state index contributed by atoms with van der Waals surface area (Å²) < 4.78 is 47.0. The van der Waals surface area contributed by atoms with Gasteiger partial charge in [0.1, 0.15) is 11.6 Å². The second kappa shape index (κ2) is 9.56. The number of hydrogen-bond donors (Lipinski definition) is 1. The van der Waals surface area contributed by atoms with Crippen LogP contribution in [0.1, 0.15) is 18.1 Å². The highest BCUT2D eigenvalue weighted by Gasteiger charge is 2.26. The van der Waals surface area contributed by atoms with Gasteiger partial charge in [-0.05, 0) is 61.0 Å². The number of nitrogens with one attached hydrogen (secondary N) is 1. The van der Waals surface area contributed by atoms with Gasteiger partial charge in [0.05, 0.1) is 11.5 Å². The van der Waals surface area contributed by atoms with E-state index in [9.17, 15) is 17.6 Å². The van der Waals surface area contributed by atoms with Crippen LogP contribution in [0.2, 0.25) is 0 Å². The summed E-state index contributed by atoms with van der Waals surface area (Å²) in [5.74, 6) is 0.246. The Labute approximate surface area is 191 Å². The molecule has 3 aromatic carbocycles. The van der Waals surface area contributed by atoms with Crippen LogP contribution in [-0.2, 0) is 23.1 Å². The zero-order chi connectivity index (χ0) is 23.4. The van der Waals surface area contributed by atoms with E-state index in [0.717, 1.165) is 5.39 Å². The number of pyridine rings is 1. The maximum Gasteiger partial charge on any atom is 0.252 e. The van der Waals surface area contributed by atoms with Gasteiger partial charge in [-0.3, -0.25) is 4.79 Å². The molecule has 170 valence electrons. The Balaban J connectivity index is 1.75. The van der Waals surface area contributed by atoms with Gasteiger partial charge in [-0.2, -0.15) is 4.31 Å². The number of benzene rings is 3. The maximum absolute atomic E-state index is 13.4. The average Bonchev–Trinajstić information content (AvgIpc) is 2.81. The molecule has 4 aromatic rings. The summed E-state index contributed by atoms with van der Waals surface area (Å²) in [5, 5.41) is 0.731. The van der Waals surface area contributed by atoms with Crippen LogP contribution in [0.25, 0.3) is 10.9 Å². The number of ether oxygens (including phenoxy) is 1. The molecule has 0 atom stereocenters. The van der Waals surface area contributed by atoms with Crippen LogP contribution in [0, 0.1) is 5.82 Å². The molecule has 33 heavy (non-hydrogen) atoms. The van der Waals surface area contributed by atoms with Gasteiger partial charge in [-0.1, -0.05) is 30.3 Å². The van der Waals surface area contributed by atoms with Crippen molar-refractivity contribution in [3.63, 3.8) is 0 Å². The molecule has 0 saturated heterocycles. The highest BCUT2D eigenvalue weighted by Crippen LogP contribution is 2.23. The number of rotatable bonds is 8. The van der Waals surface area contributed by atoms with Crippen molar-refractivity contribution in [3.05, 3.63) is 106 Å². The summed E-state index contributed by atoms with van der Waals surface area (Å²) in [6.45, 7) is 2.21. The van der Waals surface area contributed by atoms with Crippen molar-refractivity contribution >= 4 is 20.9 Å². The molecule has 0 radical (unpaired) electrons. The third-order valence-corrected chi connectivity index (χ3v) is 7.01. The van der Waals surface area contributed by atoms with E-state index >= 15 is 0 Å². The summed E-state index contributed by atoms with van der Waals surface area (Å²) in [6.07, 6.45) is 0. The highest BCUT2D eigenvalue weighted by molar-refractivity contribution is 7.89. The fourth-order valence-corrected chi connectivity index (χ4v) is 4.98. The largest absolute Gasteiger partial charge is 0.494 e. The predicted octanol–water partition coefficient (Wildman–Crippen LogP) is 4.46. The molecule has 0 spiro atoms. The van der Waals surface area contributed by atoms with Crippen molar-refractivity contribution in [1.82, 2.24) is 9.29 Å². The van der Waals surface area contributed by atoms with Gasteiger partial charge in [0.25, 0.3) is 5.56 Å². The lowest BCUT2D eigenvalue weighted by atomic mass is 10.1. The van der Waals surface area contributed by atoms with Crippen molar-refractivity contribution in [1.29, 1.82) is 0 Å². The average molecular weight is 467 g/mol. The number of sulfonamides is 1. The van der Waals surface area contributed by atoms with Gasteiger partial charge in [-0.25, -0.2) is 12.8 Å². The van der Waals surface area contributed by atoms with Gasteiger partial charge < -0.3 is 9.72 Å². The van der Waals surface area contributed by atoms with Crippen LogP contribution in [0.5, 0.6) is 5.75 Å². The van der Waals surface area contributed by atoms with Gasteiger partial charge in [-0.15, -0.1) is 0 Å². The topological polar surface area (TPSA) is 79.5 Å². The molecule has 6 nitrogen and oxygen atoms in total. The Bertz CT molecular complexity index is 1420. The number of aromatic amines is 1. The molecule has 0 fully saturated rings. The Hall–Kier alpha value is -3.49. The smallest absolute Gasteiger partial charge is 0.252 e. The lowest BCUT2D eigenvalue weighted by Crippen LogP contribution is -2.32. The summed E-state index contributed by atoms with van der Waals surface area (Å²) in [6, 6.07) is 20.6. The van der Waals surface area contributed by atoms with E-state index in [2.05, 4.69) is 4.98 Å². The molecule has 1 N–H and O–H groups in total. The van der Waals surface area contributed by atoms with E-state index in [1.54, 1.807) is 42.5 Å². The first kappa shape index (κ1) is 22.7. The van der Waals surface area contributed by atoms with Gasteiger partial charge in [0.2, 0.25) is 10.0 Å². The lowest BCUT2D eigenvalue weighted by Gasteiger charge is -2.22. The van der Waals surface area contributed by atoms with E-state index in [1.807, 2.05) is 6.92 Å². The van der Waals surface area contributed by atoms with Crippen LogP contribution < -0.4 is 10.3 Å². The van der Waals surface area contributed by atoms with E-state index in [4.69, 9.17) is 4.74 Å². The number of H-pyrrole nitrogens is 1. The molecule has 0 aliphatic carbocycles. The third-order valence-electron chi connectivity index (χ3n) is 5.20. The summed E-state index contributed by atoms with van der Waals surface area (Å²) in [7, 11) is -3.93. The van der Waals surface area contributed by atoms with Crippen LogP contribution >= 0.6 is 0 Å². The molecule has 1 aromatic heterocycles. The fraction of sp³-hybridized carbons (Fsp3) is 0.160. The Kier molecular flexibility index (Phi) is 6.57. The Morgan fingerprint density at radius 3 is 2.36 bits per heavy atom. The minimum atomic E-state index is -3.93. The lowest BCUT2D eigenvalue weighted by molar-refractivity contribution is 0.340. The second-order valence-electron chi connectivity index (χ2n) is 7.52. The predicted molar refractivity (Wildman–Crippen MR) is 125 cm³/mol. The number of hydrogen-bond acceptors (Lipinski definition) is 4. The number of aromatic nitrogens is 1. The molecule has 0 amide bonds. The van der Waals surface area contributed by atoms with Crippen molar-refractivity contribution < 1.29 is 17.5 Å². The fourth-order valence-electron chi connectivity index (χ4n) is 3.55. The van der Waals surface area contributed by atoms with E-state index < -0.39 is 15.8 Å². The first-order valence-electron chi connectivity index (χ1n) is 10.5. The molecule has 1 heterocycles. The van der Waals surface area contributed by atoms with E-state index in [0.29, 0.717) is 23.4 Å². The molecule has 0 aliphatic rings. The minimum Gasteiger partial charge on any atom is -0.494 e. The van der Waals surface area contributed by atoms with Crippen molar-refractivity contribution in [2.45, 2.75) is 24.9 Å². The molecule has 0 bridgehead atoms. The standard InChI is InChI=1S/C25H23FN2O4S/c1-2-32-22-12-13-24-19(15-22)14-20(25(29)27-24)17-28(16-18-8-10-21(26)11-9-18)33(30,31)23-6-4-3-5-7-23/h3-15H,2,16-17H2,1H3,(H,27,29). The quantitative estimate of drug-likeness (QED) is 0.416. The summed E-state index contributed by atoms with van der Waals surface area (Å²) >= 11 is 0. The summed E-state index contributed by atoms with van der Waals surface area (Å²) in [4.78, 5) is 15.7. The van der Waals surface area contributed by atoms with Crippen LogP contribution in [0.15, 0.2) is 88.6 Å². The van der Waals surface area contributed by atoms with Crippen LogP contribution in [0.3, 0.4) is 0 Å². The molecule has 8 heteroatoms. The van der Waals surface area contributed by atoms with Gasteiger partial charge >= 0.3 is 0 Å². The molecular weight excluding hydrogens is 443 g/mol. The number of nitrogens with zero attached hydrogens (tertiary/aromatic N) is 1. The van der Waals surface area contributed by atoms with Gasteiger partial charge in [0, 0.05) is 29.6 Å². The number of fused-ring (bicyclic) bond motifs is 1. The normalized spacial score (nSPS) is 11.7. The zero-order valence-electron chi connectivity index (χ0n) is 18.0. The van der Waals surface area contributed by atoms with E-state index in [-0.39, 0.29) is 29.1 Å². The summed E-state index contributed by atoms with van der Waals surface area (Å²) in [5.41, 5.74) is 1.15. The van der Waals surface area contributed by atoms with Crippen LogP contribution in [0.4, 0.5) is 4.39 Å². The first-order valence-corrected chi connectivity index (χ1v) is 11.9. The monoisotopic (exact) mass is 466 g/mol. The SMILES string of the molecule is CCOc1ccc2[nH]c(=O)c(CN(Cc3ccc(F)cc3)S(=O)(=O)c3ccccc3)cc2c1. The molecule has 4 rings (SSSR count). The number of halogens is 1. The molecule has 0 saturated carbocycles. The zero-order valence-corrected chi connectivity index (χ0v) is 18.8. The molecule has 0 unspecified atom stereocenters. The van der Waals surface area contributed by atoms with Gasteiger partial charge in [0.15, 0.2) is 0 Å². The van der Waals surface area contributed by atoms with Crippen molar-refractivity contribution in [2.75, 3.05) is 6.61 Å². The maximum atomic E-state index is 13.4. The Morgan fingerprint density at radius 1 is 0.939 bits per heavy atom. The first-order chi connectivity index (χ1) is 15.9. The van der Waals surface area contributed by atoms with Crippen molar-refractivity contribution in [3.8, 4) is 5.75 Å². The second-order valence-corrected chi connectivity index (χ2v) is 9.46. The molecular formula is C25H23FN2O4S. The van der Waals surface area contributed by atoms with E-state index in [1.165, 1.54) is 40.7 Å². The Morgan fingerprint density at radius 2 is 1.67 bits per heavy atom. The molecule has 0 aliphatic heterocycles. The van der Waals surface area contributed by atoms with Crippen molar-refractivity contribution in [2.24, 2.45) is 0 Å². The van der Waals surface area contributed by atoms with Crippen LogP contribution in [-0.4, -0.2) is 24.3 Å². The third kappa shape index (κ3) is 5.13.